The van der Waals surface area contributed by atoms with Crippen molar-refractivity contribution in [3.63, 3.8) is 0 Å². The zero-order chi connectivity index (χ0) is 15.0. The molecule has 1 saturated carbocycles. The maximum absolute atomic E-state index is 11.4. The molecular formula is C15H21N3O2S. The summed E-state index contributed by atoms with van der Waals surface area (Å²) in [6.07, 6.45) is 3.51. The van der Waals surface area contributed by atoms with Gasteiger partial charge < -0.3 is 9.64 Å². The summed E-state index contributed by atoms with van der Waals surface area (Å²) in [7, 11) is 0. The lowest BCUT2D eigenvalue weighted by atomic mass is 10.1. The van der Waals surface area contributed by atoms with Crippen molar-refractivity contribution in [3.05, 3.63) is 12.4 Å². The molecular weight excluding hydrogens is 286 g/mol. The number of carbonyl (C=O) groups excluding carboxylic acids is 1. The second kappa shape index (κ2) is 5.48. The van der Waals surface area contributed by atoms with Crippen molar-refractivity contribution in [3.8, 4) is 0 Å². The minimum Gasteiger partial charge on any atom is -0.465 e. The van der Waals surface area contributed by atoms with Crippen LogP contribution in [0, 0.1) is 17.3 Å². The second-order valence-electron chi connectivity index (χ2n) is 6.25. The van der Waals surface area contributed by atoms with Crippen molar-refractivity contribution in [1.29, 1.82) is 0 Å². The molecule has 0 N–H and O–H groups in total. The van der Waals surface area contributed by atoms with Crippen molar-refractivity contribution in [1.82, 2.24) is 9.97 Å². The van der Waals surface area contributed by atoms with Crippen LogP contribution in [0.4, 0.5) is 5.82 Å². The molecule has 1 aliphatic heterocycles. The minimum atomic E-state index is -0.209. The van der Waals surface area contributed by atoms with Crippen LogP contribution in [0.5, 0.6) is 0 Å². The molecule has 6 heteroatoms. The zero-order valence-corrected chi connectivity index (χ0v) is 13.5. The Bertz CT molecular complexity index is 535. The number of thioether (sulfide) groups is 1. The molecule has 0 spiro atoms. The number of aromatic nitrogens is 2. The summed E-state index contributed by atoms with van der Waals surface area (Å²) in [5.41, 5.74) is 0.500. The molecule has 2 aliphatic rings. The SMILES string of the molecule is CCOC(=O)CSc1cncc(N2CC3C(C2)C3(C)C)n1. The first-order valence-corrected chi connectivity index (χ1v) is 8.36. The summed E-state index contributed by atoms with van der Waals surface area (Å²) in [6.45, 7) is 9.05. The third kappa shape index (κ3) is 2.86. The van der Waals surface area contributed by atoms with E-state index in [-0.39, 0.29) is 11.7 Å². The molecule has 2 atom stereocenters. The molecule has 2 fully saturated rings. The van der Waals surface area contributed by atoms with Crippen LogP contribution >= 0.6 is 11.8 Å². The van der Waals surface area contributed by atoms with E-state index >= 15 is 0 Å². The van der Waals surface area contributed by atoms with Gasteiger partial charge in [0.2, 0.25) is 0 Å². The zero-order valence-electron chi connectivity index (χ0n) is 12.7. The van der Waals surface area contributed by atoms with E-state index in [0.29, 0.717) is 12.0 Å². The number of anilines is 1. The van der Waals surface area contributed by atoms with Crippen molar-refractivity contribution >= 4 is 23.5 Å². The number of fused-ring (bicyclic) bond motifs is 1. The Morgan fingerprint density at radius 2 is 2.14 bits per heavy atom. The maximum atomic E-state index is 11.4. The van der Waals surface area contributed by atoms with Gasteiger partial charge in [-0.1, -0.05) is 25.6 Å². The Labute approximate surface area is 129 Å². The number of nitrogens with zero attached hydrogens (tertiary/aromatic N) is 3. The molecule has 114 valence electrons. The topological polar surface area (TPSA) is 55.3 Å². The average Bonchev–Trinajstić information content (AvgIpc) is 2.82. The third-order valence-corrected chi connectivity index (χ3v) is 5.56. The molecule has 0 aromatic carbocycles. The first kappa shape index (κ1) is 14.6. The summed E-state index contributed by atoms with van der Waals surface area (Å²) < 4.78 is 4.92. The Balaban J connectivity index is 1.58. The average molecular weight is 307 g/mol. The number of hydrogen-bond acceptors (Lipinski definition) is 6. The van der Waals surface area contributed by atoms with Crippen LogP contribution in [-0.4, -0.2) is 41.4 Å². The largest absolute Gasteiger partial charge is 0.465 e. The van der Waals surface area contributed by atoms with E-state index < -0.39 is 0 Å². The van der Waals surface area contributed by atoms with E-state index in [1.165, 1.54) is 11.8 Å². The molecule has 1 saturated heterocycles. The fourth-order valence-electron chi connectivity index (χ4n) is 3.21. The van der Waals surface area contributed by atoms with Gasteiger partial charge in [0.1, 0.15) is 10.8 Å². The van der Waals surface area contributed by atoms with Crippen molar-refractivity contribution in [2.24, 2.45) is 17.3 Å². The summed E-state index contributed by atoms with van der Waals surface area (Å²) in [5.74, 6) is 2.57. The van der Waals surface area contributed by atoms with Gasteiger partial charge in [-0.2, -0.15) is 0 Å². The molecule has 2 heterocycles. The van der Waals surface area contributed by atoms with Crippen LogP contribution in [0.25, 0.3) is 0 Å². The molecule has 0 bridgehead atoms. The van der Waals surface area contributed by atoms with Crippen molar-refractivity contribution < 1.29 is 9.53 Å². The molecule has 1 aliphatic carbocycles. The molecule has 0 amide bonds. The van der Waals surface area contributed by atoms with Gasteiger partial charge in [-0.25, -0.2) is 4.98 Å². The predicted octanol–water partition coefficient (Wildman–Crippen LogP) is 2.22. The number of hydrogen-bond donors (Lipinski definition) is 0. The van der Waals surface area contributed by atoms with Gasteiger partial charge in [-0.05, 0) is 24.2 Å². The van der Waals surface area contributed by atoms with Crippen LogP contribution in [0.15, 0.2) is 17.4 Å². The minimum absolute atomic E-state index is 0.209. The molecule has 1 aromatic rings. The van der Waals surface area contributed by atoms with Gasteiger partial charge in [0, 0.05) is 13.1 Å². The highest BCUT2D eigenvalue weighted by atomic mass is 32.2. The van der Waals surface area contributed by atoms with Gasteiger partial charge in [-0.3, -0.25) is 9.78 Å². The highest BCUT2D eigenvalue weighted by molar-refractivity contribution is 7.99. The highest BCUT2D eigenvalue weighted by Crippen LogP contribution is 2.62. The molecule has 1 aromatic heterocycles. The summed E-state index contributed by atoms with van der Waals surface area (Å²) in [5, 5.41) is 0.778. The highest BCUT2D eigenvalue weighted by Gasteiger charge is 2.62. The number of piperidine rings is 1. The van der Waals surface area contributed by atoms with Gasteiger partial charge >= 0.3 is 5.97 Å². The van der Waals surface area contributed by atoms with Crippen LogP contribution in [0.3, 0.4) is 0 Å². The van der Waals surface area contributed by atoms with E-state index in [1.54, 1.807) is 6.20 Å². The van der Waals surface area contributed by atoms with E-state index in [2.05, 4.69) is 28.7 Å². The Kier molecular flexibility index (Phi) is 3.82. The Morgan fingerprint density at radius 1 is 1.43 bits per heavy atom. The quantitative estimate of drug-likeness (QED) is 0.614. The van der Waals surface area contributed by atoms with Gasteiger partial charge in [-0.15, -0.1) is 0 Å². The van der Waals surface area contributed by atoms with Crippen LogP contribution < -0.4 is 4.90 Å². The van der Waals surface area contributed by atoms with Gasteiger partial charge in [0.15, 0.2) is 0 Å². The molecule has 5 nitrogen and oxygen atoms in total. The lowest BCUT2D eigenvalue weighted by molar-refractivity contribution is -0.139. The Morgan fingerprint density at radius 3 is 2.81 bits per heavy atom. The van der Waals surface area contributed by atoms with Gasteiger partial charge in [0.05, 0.1) is 24.8 Å². The lowest BCUT2D eigenvalue weighted by Crippen LogP contribution is -2.27. The number of esters is 1. The van der Waals surface area contributed by atoms with Crippen molar-refractivity contribution in [2.45, 2.75) is 25.8 Å². The summed E-state index contributed by atoms with van der Waals surface area (Å²) in [4.78, 5) is 22.5. The van der Waals surface area contributed by atoms with Crippen molar-refractivity contribution in [2.75, 3.05) is 30.3 Å². The number of carbonyl (C=O) groups is 1. The van der Waals surface area contributed by atoms with Crippen LogP contribution in [-0.2, 0) is 9.53 Å². The molecule has 2 unspecified atom stereocenters. The molecule has 3 rings (SSSR count). The van der Waals surface area contributed by atoms with E-state index in [9.17, 15) is 4.79 Å². The predicted molar refractivity (Wildman–Crippen MR) is 82.4 cm³/mol. The fourth-order valence-corrected chi connectivity index (χ4v) is 3.86. The van der Waals surface area contributed by atoms with E-state index in [1.807, 2.05) is 13.1 Å². The van der Waals surface area contributed by atoms with E-state index in [4.69, 9.17) is 4.74 Å². The van der Waals surface area contributed by atoms with Crippen LogP contribution in [0.2, 0.25) is 0 Å². The number of rotatable bonds is 5. The molecule has 21 heavy (non-hydrogen) atoms. The smallest absolute Gasteiger partial charge is 0.316 e. The van der Waals surface area contributed by atoms with E-state index in [0.717, 1.165) is 35.8 Å². The fraction of sp³-hybridized carbons (Fsp3) is 0.667. The lowest BCUT2D eigenvalue weighted by Gasteiger charge is -2.22. The Hall–Kier alpha value is -1.30. The monoisotopic (exact) mass is 307 g/mol. The number of ether oxygens (including phenoxy) is 1. The van der Waals surface area contributed by atoms with Crippen LogP contribution in [0.1, 0.15) is 20.8 Å². The first-order chi connectivity index (χ1) is 10.0. The molecule has 0 radical (unpaired) electrons. The summed E-state index contributed by atoms with van der Waals surface area (Å²) >= 11 is 1.38. The second-order valence-corrected chi connectivity index (χ2v) is 7.24. The first-order valence-electron chi connectivity index (χ1n) is 7.37. The maximum Gasteiger partial charge on any atom is 0.316 e. The summed E-state index contributed by atoms with van der Waals surface area (Å²) in [6, 6.07) is 0. The third-order valence-electron chi connectivity index (χ3n) is 4.69. The van der Waals surface area contributed by atoms with Gasteiger partial charge in [0.25, 0.3) is 0 Å². The standard InChI is InChI=1S/C15H21N3O2S/c1-4-20-14(19)9-21-13-6-16-5-12(17-13)18-7-10-11(8-18)15(10,2)3/h5-6,10-11H,4,7-9H2,1-3H3. The normalized spacial score (nSPS) is 25.6.